The molecular weight excluding hydrogens is 856 g/mol. The van der Waals surface area contributed by atoms with Crippen LogP contribution in [0.2, 0.25) is 0 Å². The van der Waals surface area contributed by atoms with Gasteiger partial charge in [-0.05, 0) is 59.7 Å². The summed E-state index contributed by atoms with van der Waals surface area (Å²) >= 11 is 0. The number of hydrogen-bond acceptors (Lipinski definition) is 22. The first-order valence-electron chi connectivity index (χ1n) is 19.6. The lowest BCUT2D eigenvalue weighted by Gasteiger charge is -2.42. The van der Waals surface area contributed by atoms with Crippen LogP contribution >= 0.6 is 0 Å². The molecule has 14 atom stereocenters. The quantitative estimate of drug-likeness (QED) is 0.0881. The Bertz CT molecular complexity index is 2270. The summed E-state index contributed by atoms with van der Waals surface area (Å²) in [5.74, 6) is -11.5. The Morgan fingerprint density at radius 2 is 0.844 bits per heavy atom. The van der Waals surface area contributed by atoms with Crippen molar-refractivity contribution in [3.8, 4) is 57.5 Å². The van der Waals surface area contributed by atoms with Gasteiger partial charge in [0.1, 0.15) is 61.0 Å². The van der Waals surface area contributed by atoms with E-state index in [0.717, 1.165) is 48.5 Å². The summed E-state index contributed by atoms with van der Waals surface area (Å²) in [6.07, 6.45) is -20.6. The lowest BCUT2D eigenvalue weighted by atomic mass is 9.69. The molecule has 0 radical (unpaired) electrons. The van der Waals surface area contributed by atoms with Gasteiger partial charge in [-0.15, -0.1) is 0 Å². The van der Waals surface area contributed by atoms with Crippen LogP contribution in [0.4, 0.5) is 0 Å². The number of carbonyl (C=O) groups excluding carboxylic acids is 2. The SMILES string of the molecule is O=C1c2ccc(O[C@@H]3O[C@H](CO)[C@@H](O)[C@H](O)[C@H]3O)c(O)c2O[C@H](c2ccc(O)c(O)c2)[C@H]1[C@@H]1C(=O)c2ccc(O[C@@H]3O[C@H](CO)[C@@H](O)[C@H](O)[C@H]3O)c(O)c2O[C@H]1c1ccc(O)c(O)c1. The highest BCUT2D eigenvalue weighted by atomic mass is 16.7. The second-order valence-corrected chi connectivity index (χ2v) is 15.6. The van der Waals surface area contributed by atoms with Crippen LogP contribution in [0.15, 0.2) is 60.7 Å². The number of rotatable bonds is 9. The first-order chi connectivity index (χ1) is 30.4. The number of hydrogen-bond donors (Lipinski definition) is 14. The highest BCUT2D eigenvalue weighted by molar-refractivity contribution is 6.09. The maximum absolute atomic E-state index is 15.0. The lowest BCUT2D eigenvalue weighted by Crippen LogP contribution is -2.60. The van der Waals surface area contributed by atoms with Crippen molar-refractivity contribution in [3.63, 3.8) is 0 Å². The molecule has 22 nitrogen and oxygen atoms in total. The van der Waals surface area contributed by atoms with E-state index in [0.29, 0.717) is 0 Å². The van der Waals surface area contributed by atoms with Gasteiger partial charge in [-0.3, -0.25) is 9.59 Å². The van der Waals surface area contributed by atoms with Crippen molar-refractivity contribution in [1.82, 2.24) is 0 Å². The summed E-state index contributed by atoms with van der Waals surface area (Å²) in [6.45, 7) is -1.59. The van der Waals surface area contributed by atoms with E-state index >= 15 is 0 Å². The minimum atomic E-state index is -1.90. The van der Waals surface area contributed by atoms with Gasteiger partial charge in [0.2, 0.25) is 24.1 Å². The fraction of sp³-hybridized carbons (Fsp3) is 0.381. The third kappa shape index (κ3) is 7.47. The molecule has 4 aliphatic rings. The average molecular weight is 899 g/mol. The number of ether oxygens (including phenoxy) is 6. The molecule has 342 valence electrons. The van der Waals surface area contributed by atoms with Crippen molar-refractivity contribution < 1.29 is 110 Å². The van der Waals surface area contributed by atoms with Gasteiger partial charge >= 0.3 is 0 Å². The maximum Gasteiger partial charge on any atom is 0.229 e. The number of phenolic OH excluding ortho intramolecular Hbond substituents is 6. The molecule has 64 heavy (non-hydrogen) atoms. The van der Waals surface area contributed by atoms with Crippen molar-refractivity contribution in [2.24, 2.45) is 11.8 Å². The van der Waals surface area contributed by atoms with Crippen LogP contribution in [-0.2, 0) is 9.47 Å². The van der Waals surface area contributed by atoms with Crippen LogP contribution in [0.25, 0.3) is 0 Å². The number of aliphatic hydroxyl groups is 8. The van der Waals surface area contributed by atoms with Gasteiger partial charge in [0.15, 0.2) is 57.6 Å². The molecule has 0 aromatic heterocycles. The zero-order valence-electron chi connectivity index (χ0n) is 32.8. The number of aliphatic hydroxyl groups excluding tert-OH is 8. The number of fused-ring (bicyclic) bond motifs is 2. The van der Waals surface area contributed by atoms with Gasteiger partial charge in [-0.25, -0.2) is 0 Å². The van der Waals surface area contributed by atoms with Crippen molar-refractivity contribution in [2.75, 3.05) is 13.2 Å². The van der Waals surface area contributed by atoms with E-state index in [9.17, 15) is 81.1 Å². The molecule has 14 N–H and O–H groups in total. The van der Waals surface area contributed by atoms with Gasteiger partial charge in [0.05, 0.1) is 36.2 Å². The monoisotopic (exact) mass is 898 g/mol. The highest BCUT2D eigenvalue weighted by Crippen LogP contribution is 2.56. The highest BCUT2D eigenvalue weighted by Gasteiger charge is 2.54. The molecule has 0 unspecified atom stereocenters. The number of aromatic hydroxyl groups is 6. The number of phenols is 6. The van der Waals surface area contributed by atoms with Crippen LogP contribution in [0, 0.1) is 11.8 Å². The van der Waals surface area contributed by atoms with E-state index in [1.807, 2.05) is 0 Å². The Hall–Kier alpha value is -6.18. The van der Waals surface area contributed by atoms with E-state index in [1.165, 1.54) is 12.1 Å². The molecule has 0 bridgehead atoms. The van der Waals surface area contributed by atoms with Gasteiger partial charge in [-0.2, -0.15) is 0 Å². The summed E-state index contributed by atoms with van der Waals surface area (Å²) < 4.78 is 34.7. The molecule has 8 rings (SSSR count). The van der Waals surface area contributed by atoms with E-state index in [1.54, 1.807) is 0 Å². The fourth-order valence-corrected chi connectivity index (χ4v) is 8.23. The summed E-state index contributed by atoms with van der Waals surface area (Å²) in [7, 11) is 0. The molecule has 0 saturated carbocycles. The zero-order valence-corrected chi connectivity index (χ0v) is 32.8. The molecule has 22 heteroatoms. The number of Topliss-reactive ketones (excluding diaryl/α,β-unsaturated/α-hetero) is 2. The Balaban J connectivity index is 1.22. The van der Waals surface area contributed by atoms with E-state index in [-0.39, 0.29) is 22.3 Å². The third-order valence-corrected chi connectivity index (χ3v) is 11.7. The minimum absolute atomic E-state index is 0.0454. The Kier molecular flexibility index (Phi) is 11.9. The van der Waals surface area contributed by atoms with Crippen LogP contribution in [0.5, 0.6) is 57.5 Å². The van der Waals surface area contributed by atoms with Crippen molar-refractivity contribution in [3.05, 3.63) is 82.9 Å². The molecular formula is C42H42O22. The van der Waals surface area contributed by atoms with Gasteiger partial charge in [0, 0.05) is 0 Å². The Morgan fingerprint density at radius 3 is 1.19 bits per heavy atom. The molecule has 0 spiro atoms. The molecule has 0 amide bonds. The first kappa shape index (κ1) is 44.4. The van der Waals surface area contributed by atoms with Crippen molar-refractivity contribution in [1.29, 1.82) is 0 Å². The Morgan fingerprint density at radius 1 is 0.469 bits per heavy atom. The Labute approximate surface area is 359 Å². The maximum atomic E-state index is 15.0. The van der Waals surface area contributed by atoms with Gasteiger partial charge in [0.25, 0.3) is 0 Å². The number of benzene rings is 4. The molecule has 0 aliphatic carbocycles. The largest absolute Gasteiger partial charge is 0.504 e. The molecule has 2 saturated heterocycles. The molecule has 4 aromatic carbocycles. The standard InChI is InChI=1S/C42H42O22/c43-11-23-29(51)33(55)35(57)41(61-23)59-21-7-3-15-27(49)25(37(63-39(15)31(21)53)13-1-5-17(45)19(47)9-13)26-28(50)16-4-8-22(60-42-36(58)34(56)30(52)24(12-44)62-42)32(54)40(16)64-38(26)14-2-6-18(46)20(48)10-14/h1-10,23-26,29-30,33-38,41-48,51-58H,11-12H2/t23-,24-,25-,26+,29-,30-,33+,34+,35-,36-,37+,38-,41-,42-/m1/s1. The molecule has 4 heterocycles. The van der Waals surface area contributed by atoms with Gasteiger partial charge in [-0.1, -0.05) is 12.1 Å². The second kappa shape index (κ2) is 17.1. The lowest BCUT2D eigenvalue weighted by molar-refractivity contribution is -0.277. The molecule has 4 aliphatic heterocycles. The normalized spacial score (nSPS) is 32.4. The van der Waals surface area contributed by atoms with E-state index in [4.69, 9.17) is 28.4 Å². The first-order valence-corrected chi connectivity index (χ1v) is 19.6. The topological polar surface area (TPSA) is 373 Å². The summed E-state index contributed by atoms with van der Waals surface area (Å²) in [5.41, 5.74) is -0.785. The van der Waals surface area contributed by atoms with E-state index < -0.39 is 168 Å². The smallest absolute Gasteiger partial charge is 0.229 e. The number of carbonyl (C=O) groups is 2. The zero-order chi connectivity index (χ0) is 46.0. The minimum Gasteiger partial charge on any atom is -0.504 e. The van der Waals surface area contributed by atoms with Gasteiger partial charge < -0.3 is 99.9 Å². The predicted molar refractivity (Wildman–Crippen MR) is 207 cm³/mol. The predicted octanol–water partition coefficient (Wildman–Crippen LogP) is -1.16. The van der Waals surface area contributed by atoms with Crippen LogP contribution in [-0.4, -0.2) is 158 Å². The summed E-state index contributed by atoms with van der Waals surface area (Å²) in [6, 6.07) is 11.1. The number of ketones is 2. The summed E-state index contributed by atoms with van der Waals surface area (Å²) in [5, 5.41) is 146. The second-order valence-electron chi connectivity index (χ2n) is 15.6. The third-order valence-electron chi connectivity index (χ3n) is 11.7. The molecule has 2 fully saturated rings. The van der Waals surface area contributed by atoms with Crippen molar-refractivity contribution in [2.45, 2.75) is 73.6 Å². The van der Waals surface area contributed by atoms with E-state index in [2.05, 4.69) is 0 Å². The fourth-order valence-electron chi connectivity index (χ4n) is 8.23. The van der Waals surface area contributed by atoms with Crippen LogP contribution in [0.1, 0.15) is 44.1 Å². The van der Waals surface area contributed by atoms with Crippen LogP contribution < -0.4 is 18.9 Å². The molecule has 4 aromatic rings. The van der Waals surface area contributed by atoms with Crippen molar-refractivity contribution >= 4 is 11.6 Å². The summed E-state index contributed by atoms with van der Waals surface area (Å²) in [4.78, 5) is 30.0. The van der Waals surface area contributed by atoms with Crippen LogP contribution in [0.3, 0.4) is 0 Å². The average Bonchev–Trinajstić information content (AvgIpc) is 3.28.